The Hall–Kier alpha value is -1.91. The van der Waals surface area contributed by atoms with Crippen molar-refractivity contribution in [2.45, 2.75) is 13.2 Å². The lowest BCUT2D eigenvalue weighted by Gasteiger charge is -2.16. The van der Waals surface area contributed by atoms with Crippen LogP contribution in [-0.4, -0.2) is 0 Å². The molecule has 0 atom stereocenters. The van der Waals surface area contributed by atoms with E-state index < -0.39 is 0 Å². The highest BCUT2D eigenvalue weighted by atomic mass is 79.9. The third kappa shape index (κ3) is 4.87. The summed E-state index contributed by atoms with van der Waals surface area (Å²) in [6.45, 7) is 0.939. The molecule has 152 valence electrons. The molecule has 0 aliphatic rings. The van der Waals surface area contributed by atoms with Gasteiger partial charge in [0.15, 0.2) is 0 Å². The van der Waals surface area contributed by atoms with Gasteiger partial charge in [0.2, 0.25) is 0 Å². The van der Waals surface area contributed by atoms with Gasteiger partial charge >= 0.3 is 0 Å². The van der Waals surface area contributed by atoms with Gasteiger partial charge in [0.1, 0.15) is 12.4 Å². The molecule has 2 nitrogen and oxygen atoms in total. The highest BCUT2D eigenvalue weighted by molar-refractivity contribution is 9.10. The average Bonchev–Trinajstić information content (AvgIpc) is 2.74. The quantitative estimate of drug-likeness (QED) is 0.274. The van der Waals surface area contributed by atoms with Crippen molar-refractivity contribution in [3.05, 3.63) is 103 Å². The van der Waals surface area contributed by atoms with Gasteiger partial charge in [0.05, 0.1) is 5.02 Å². The maximum atomic E-state index is 6.31. The van der Waals surface area contributed by atoms with E-state index in [1.807, 2.05) is 48.5 Å². The van der Waals surface area contributed by atoms with Gasteiger partial charge in [0, 0.05) is 37.9 Å². The Morgan fingerprint density at radius 3 is 2.47 bits per heavy atom. The Balaban J connectivity index is 1.62. The number of rotatable bonds is 6. The minimum atomic E-state index is 0.353. The molecule has 0 spiro atoms. The largest absolute Gasteiger partial charge is 0.488 e. The second-order valence-corrected chi connectivity index (χ2v) is 8.88. The van der Waals surface area contributed by atoms with Gasteiger partial charge in [-0.3, -0.25) is 0 Å². The van der Waals surface area contributed by atoms with Crippen LogP contribution in [-0.2, 0) is 13.2 Å². The van der Waals surface area contributed by atoms with Crippen LogP contribution in [0.2, 0.25) is 15.1 Å². The second kappa shape index (κ2) is 9.49. The summed E-state index contributed by atoms with van der Waals surface area (Å²) >= 11 is 22.0. The minimum Gasteiger partial charge on any atom is -0.488 e. The van der Waals surface area contributed by atoms with E-state index in [2.05, 4.69) is 39.4 Å². The molecule has 4 aromatic carbocycles. The van der Waals surface area contributed by atoms with Crippen LogP contribution in [0.1, 0.15) is 11.1 Å². The molecule has 0 heterocycles. The van der Waals surface area contributed by atoms with E-state index >= 15 is 0 Å². The van der Waals surface area contributed by atoms with Gasteiger partial charge in [-0.2, -0.15) is 0 Å². The summed E-state index contributed by atoms with van der Waals surface area (Å²) in [5.74, 6) is 0.801. The molecule has 4 aromatic rings. The summed E-state index contributed by atoms with van der Waals surface area (Å²) in [4.78, 5) is 0. The van der Waals surface area contributed by atoms with E-state index in [-0.39, 0.29) is 0 Å². The molecule has 0 unspecified atom stereocenters. The average molecular weight is 522 g/mol. The molecule has 0 aliphatic carbocycles. The van der Waals surface area contributed by atoms with Crippen molar-refractivity contribution in [3.8, 4) is 5.75 Å². The smallest absolute Gasteiger partial charge is 0.125 e. The lowest BCUT2D eigenvalue weighted by atomic mass is 10.0. The van der Waals surface area contributed by atoms with Crippen LogP contribution in [0.3, 0.4) is 0 Å². The molecule has 0 saturated heterocycles. The van der Waals surface area contributed by atoms with Gasteiger partial charge in [-0.1, -0.05) is 71.2 Å². The lowest BCUT2D eigenvalue weighted by molar-refractivity contribution is 0.304. The molecular formula is C24H17BrCl3NO. The fourth-order valence-electron chi connectivity index (χ4n) is 3.22. The molecule has 0 saturated carbocycles. The maximum Gasteiger partial charge on any atom is 0.125 e. The monoisotopic (exact) mass is 519 g/mol. The zero-order valence-corrected chi connectivity index (χ0v) is 19.6. The van der Waals surface area contributed by atoms with E-state index in [0.717, 1.165) is 37.8 Å². The summed E-state index contributed by atoms with van der Waals surface area (Å²) in [5, 5.41) is 7.59. The number of benzene rings is 4. The number of anilines is 1. The molecule has 0 aromatic heterocycles. The maximum absolute atomic E-state index is 6.31. The van der Waals surface area contributed by atoms with Crippen molar-refractivity contribution in [1.82, 2.24) is 0 Å². The number of halogens is 4. The number of hydrogen-bond donors (Lipinski definition) is 1. The molecule has 0 bridgehead atoms. The third-order valence-corrected chi connectivity index (χ3v) is 6.60. The van der Waals surface area contributed by atoms with E-state index in [0.29, 0.717) is 28.2 Å². The number of nitrogens with one attached hydrogen (secondary N) is 1. The van der Waals surface area contributed by atoms with E-state index in [1.54, 1.807) is 6.07 Å². The summed E-state index contributed by atoms with van der Waals surface area (Å²) in [6.07, 6.45) is 0. The number of fused-ring (bicyclic) bond motifs is 1. The minimum absolute atomic E-state index is 0.353. The van der Waals surface area contributed by atoms with E-state index in [4.69, 9.17) is 39.5 Å². The highest BCUT2D eigenvalue weighted by Gasteiger charge is 2.11. The Morgan fingerprint density at radius 2 is 1.67 bits per heavy atom. The van der Waals surface area contributed by atoms with Crippen LogP contribution in [0.5, 0.6) is 5.75 Å². The molecule has 30 heavy (non-hydrogen) atoms. The van der Waals surface area contributed by atoms with Crippen molar-refractivity contribution in [2.75, 3.05) is 5.32 Å². The normalized spacial score (nSPS) is 10.9. The van der Waals surface area contributed by atoms with Crippen LogP contribution in [0.4, 0.5) is 5.69 Å². The Labute approximate surface area is 198 Å². The van der Waals surface area contributed by atoms with Gasteiger partial charge in [0.25, 0.3) is 0 Å². The molecule has 4 rings (SSSR count). The van der Waals surface area contributed by atoms with Crippen molar-refractivity contribution in [1.29, 1.82) is 0 Å². The summed E-state index contributed by atoms with van der Waals surface area (Å²) < 4.78 is 7.05. The summed E-state index contributed by atoms with van der Waals surface area (Å²) in [7, 11) is 0. The third-order valence-electron chi connectivity index (χ3n) is 4.78. The first-order valence-corrected chi connectivity index (χ1v) is 11.2. The van der Waals surface area contributed by atoms with Crippen molar-refractivity contribution < 1.29 is 4.74 Å². The first-order valence-electron chi connectivity index (χ1n) is 9.27. The predicted molar refractivity (Wildman–Crippen MR) is 131 cm³/mol. The molecular weight excluding hydrogens is 505 g/mol. The fraction of sp³-hybridized carbons (Fsp3) is 0.0833. The van der Waals surface area contributed by atoms with Crippen molar-refractivity contribution >= 4 is 67.2 Å². The second-order valence-electron chi connectivity index (χ2n) is 6.77. The SMILES string of the molecule is Clc1ccc(COc2ccc3ccccc3c2CNc2ccc(Br)c(Cl)c2)c(Cl)c1. The summed E-state index contributed by atoms with van der Waals surface area (Å²) in [5.41, 5.74) is 2.88. The topological polar surface area (TPSA) is 21.3 Å². The molecule has 0 amide bonds. The van der Waals surface area contributed by atoms with E-state index in [9.17, 15) is 0 Å². The molecule has 6 heteroatoms. The van der Waals surface area contributed by atoms with Gasteiger partial charge in [-0.05, 0) is 63.1 Å². The van der Waals surface area contributed by atoms with Crippen LogP contribution < -0.4 is 10.1 Å². The first-order chi connectivity index (χ1) is 14.5. The van der Waals surface area contributed by atoms with Gasteiger partial charge in [-0.25, -0.2) is 0 Å². The van der Waals surface area contributed by atoms with Crippen LogP contribution in [0.15, 0.2) is 77.3 Å². The van der Waals surface area contributed by atoms with Gasteiger partial charge in [-0.15, -0.1) is 0 Å². The van der Waals surface area contributed by atoms with Gasteiger partial charge < -0.3 is 10.1 Å². The fourth-order valence-corrected chi connectivity index (χ4v) is 4.11. The van der Waals surface area contributed by atoms with Crippen molar-refractivity contribution in [2.24, 2.45) is 0 Å². The zero-order valence-electron chi connectivity index (χ0n) is 15.8. The lowest BCUT2D eigenvalue weighted by Crippen LogP contribution is -2.05. The first kappa shape index (κ1) is 21.3. The molecule has 1 N–H and O–H groups in total. The Kier molecular flexibility index (Phi) is 6.74. The molecule has 0 aliphatic heterocycles. The predicted octanol–water partition coefficient (Wildman–Crippen LogP) is 8.75. The standard InChI is InChI=1S/C24H17BrCl3NO/c25-21-9-8-18(12-23(21)28)29-13-20-19-4-2-1-3-15(19)6-10-24(20)30-14-16-5-7-17(26)11-22(16)27/h1-12,29H,13-14H2. The Morgan fingerprint density at radius 1 is 0.833 bits per heavy atom. The van der Waals surface area contributed by atoms with Crippen LogP contribution >= 0.6 is 50.7 Å². The Bertz CT molecular complexity index is 1210. The zero-order chi connectivity index (χ0) is 21.1. The summed E-state index contributed by atoms with van der Waals surface area (Å²) in [6, 6.07) is 23.5. The van der Waals surface area contributed by atoms with Crippen molar-refractivity contribution in [3.63, 3.8) is 0 Å². The highest BCUT2D eigenvalue weighted by Crippen LogP contribution is 2.32. The van der Waals surface area contributed by atoms with Crippen LogP contribution in [0, 0.1) is 0 Å². The molecule has 0 fully saturated rings. The number of hydrogen-bond acceptors (Lipinski definition) is 2. The van der Waals surface area contributed by atoms with Crippen LogP contribution in [0.25, 0.3) is 10.8 Å². The van der Waals surface area contributed by atoms with E-state index in [1.165, 1.54) is 0 Å². The number of ether oxygens (including phenoxy) is 1. The molecule has 0 radical (unpaired) electrons.